The van der Waals surface area contributed by atoms with Gasteiger partial charge in [-0.05, 0) is 0 Å². The van der Waals surface area contributed by atoms with Crippen molar-refractivity contribution in [3.63, 3.8) is 0 Å². The van der Waals surface area contributed by atoms with E-state index >= 15 is 0 Å². The number of hydrogen-bond donors (Lipinski definition) is 0. The predicted molar refractivity (Wildman–Crippen MR) is 87.0 cm³/mol. The number of hydrogen-bond acceptors (Lipinski definition) is 8. The first-order chi connectivity index (χ1) is 11.1. The molecule has 0 aliphatic heterocycles. The highest BCUT2D eigenvalue weighted by Crippen LogP contribution is 1.95. The van der Waals surface area contributed by atoms with Crippen molar-refractivity contribution in [1.29, 1.82) is 0 Å². The lowest BCUT2D eigenvalue weighted by molar-refractivity contribution is -0.159. The number of carbonyl (C=O) groups excluding carboxylic acids is 4. The SMILES string of the molecule is CCC(=O)OC.COC(=O)C(C)C.COC(=O)COC(=O)C(C)C. The first kappa shape index (κ1) is 26.8. The van der Waals surface area contributed by atoms with Crippen LogP contribution in [-0.4, -0.2) is 51.8 Å². The molecule has 0 heterocycles. The van der Waals surface area contributed by atoms with E-state index in [9.17, 15) is 19.2 Å². The lowest BCUT2D eigenvalue weighted by Crippen LogP contribution is -2.18. The summed E-state index contributed by atoms with van der Waals surface area (Å²) < 4.78 is 17.4. The molecule has 0 N–H and O–H groups in total. The first-order valence-corrected chi connectivity index (χ1v) is 7.45. The molecule has 0 aromatic heterocycles. The third kappa shape index (κ3) is 19.9. The second-order valence-electron chi connectivity index (χ2n) is 4.95. The van der Waals surface area contributed by atoms with Gasteiger partial charge in [0.25, 0.3) is 0 Å². The summed E-state index contributed by atoms with van der Waals surface area (Å²) >= 11 is 0. The van der Waals surface area contributed by atoms with E-state index in [1.165, 1.54) is 21.3 Å². The van der Waals surface area contributed by atoms with E-state index in [1.54, 1.807) is 34.6 Å². The Labute approximate surface area is 143 Å². The molecule has 0 aliphatic carbocycles. The number of methoxy groups -OCH3 is 3. The molecule has 0 aromatic rings. The average molecular weight is 350 g/mol. The number of carbonyl (C=O) groups is 4. The zero-order valence-electron chi connectivity index (χ0n) is 15.8. The summed E-state index contributed by atoms with van der Waals surface area (Å²) in [6.45, 7) is 8.44. The van der Waals surface area contributed by atoms with Crippen LogP contribution in [0.1, 0.15) is 41.0 Å². The molecule has 24 heavy (non-hydrogen) atoms. The Morgan fingerprint density at radius 1 is 0.708 bits per heavy atom. The quantitative estimate of drug-likeness (QED) is 0.545. The van der Waals surface area contributed by atoms with Crippen molar-refractivity contribution in [3.05, 3.63) is 0 Å². The first-order valence-electron chi connectivity index (χ1n) is 7.45. The Morgan fingerprint density at radius 2 is 1.12 bits per heavy atom. The van der Waals surface area contributed by atoms with Crippen molar-refractivity contribution in [3.8, 4) is 0 Å². The molecule has 0 spiro atoms. The summed E-state index contributed by atoms with van der Waals surface area (Å²) in [5, 5.41) is 0. The molecule has 8 heteroatoms. The molecular formula is C16H30O8. The maximum Gasteiger partial charge on any atom is 0.344 e. The van der Waals surface area contributed by atoms with Crippen LogP contribution >= 0.6 is 0 Å². The molecule has 142 valence electrons. The minimum Gasteiger partial charge on any atom is -0.469 e. The van der Waals surface area contributed by atoms with Gasteiger partial charge in [0.05, 0.1) is 33.2 Å². The number of rotatable bonds is 5. The molecule has 0 saturated carbocycles. The summed E-state index contributed by atoms with van der Waals surface area (Å²) in [6, 6.07) is 0. The maximum absolute atomic E-state index is 10.7. The zero-order chi connectivity index (χ0) is 19.7. The van der Waals surface area contributed by atoms with E-state index in [4.69, 9.17) is 0 Å². The van der Waals surface area contributed by atoms with Gasteiger partial charge in [-0.2, -0.15) is 0 Å². The van der Waals surface area contributed by atoms with Crippen molar-refractivity contribution < 1.29 is 38.1 Å². The fourth-order valence-corrected chi connectivity index (χ4v) is 0.736. The minimum atomic E-state index is -0.543. The summed E-state index contributed by atoms with van der Waals surface area (Å²) in [5.41, 5.74) is 0. The third-order valence-electron chi connectivity index (χ3n) is 2.22. The Hall–Kier alpha value is -2.12. The molecule has 0 saturated heterocycles. The van der Waals surface area contributed by atoms with Crippen molar-refractivity contribution in [2.24, 2.45) is 11.8 Å². The van der Waals surface area contributed by atoms with Gasteiger partial charge in [-0.3, -0.25) is 14.4 Å². The predicted octanol–water partition coefficient (Wildman–Crippen LogP) is 1.74. The van der Waals surface area contributed by atoms with Crippen LogP contribution in [0.15, 0.2) is 0 Å². The molecule has 0 atom stereocenters. The van der Waals surface area contributed by atoms with Crippen LogP contribution in [0.25, 0.3) is 0 Å². The summed E-state index contributed by atoms with van der Waals surface area (Å²) in [5.74, 6) is -1.45. The highest BCUT2D eigenvalue weighted by atomic mass is 16.6. The van der Waals surface area contributed by atoms with Gasteiger partial charge >= 0.3 is 23.9 Å². The highest BCUT2D eigenvalue weighted by Gasteiger charge is 2.10. The zero-order valence-corrected chi connectivity index (χ0v) is 15.8. The van der Waals surface area contributed by atoms with E-state index in [0.29, 0.717) is 6.42 Å². The van der Waals surface area contributed by atoms with Gasteiger partial charge in [0.2, 0.25) is 0 Å². The molecular weight excluding hydrogens is 320 g/mol. The molecule has 0 amide bonds. The van der Waals surface area contributed by atoms with E-state index in [1.807, 2.05) is 0 Å². The van der Waals surface area contributed by atoms with E-state index in [0.717, 1.165) is 0 Å². The van der Waals surface area contributed by atoms with Crippen LogP contribution in [-0.2, 0) is 38.1 Å². The fourth-order valence-electron chi connectivity index (χ4n) is 0.736. The van der Waals surface area contributed by atoms with Gasteiger partial charge in [0.1, 0.15) is 0 Å². The Bertz CT molecular complexity index is 368. The normalized spacial score (nSPS) is 8.92. The van der Waals surface area contributed by atoms with Crippen LogP contribution in [0.3, 0.4) is 0 Å². The van der Waals surface area contributed by atoms with Crippen molar-refractivity contribution in [2.75, 3.05) is 27.9 Å². The molecule has 8 nitrogen and oxygen atoms in total. The van der Waals surface area contributed by atoms with Crippen molar-refractivity contribution >= 4 is 23.9 Å². The van der Waals surface area contributed by atoms with Crippen molar-refractivity contribution in [2.45, 2.75) is 41.0 Å². The fraction of sp³-hybridized carbons (Fsp3) is 0.750. The van der Waals surface area contributed by atoms with Crippen LogP contribution < -0.4 is 0 Å². The molecule has 0 rings (SSSR count). The van der Waals surface area contributed by atoms with E-state index < -0.39 is 11.9 Å². The molecule has 0 aliphatic rings. The molecule has 0 unspecified atom stereocenters. The van der Waals surface area contributed by atoms with Gasteiger partial charge in [-0.1, -0.05) is 34.6 Å². The monoisotopic (exact) mass is 350 g/mol. The Morgan fingerprint density at radius 3 is 1.29 bits per heavy atom. The maximum atomic E-state index is 10.7. The number of esters is 4. The highest BCUT2D eigenvalue weighted by molar-refractivity contribution is 5.77. The molecule has 0 radical (unpaired) electrons. The lowest BCUT2D eigenvalue weighted by Gasteiger charge is -2.04. The largest absolute Gasteiger partial charge is 0.469 e. The average Bonchev–Trinajstić information content (AvgIpc) is 2.58. The van der Waals surface area contributed by atoms with E-state index in [2.05, 4.69) is 18.9 Å². The van der Waals surface area contributed by atoms with Crippen molar-refractivity contribution in [1.82, 2.24) is 0 Å². The van der Waals surface area contributed by atoms with Crippen LogP contribution in [0, 0.1) is 11.8 Å². The Balaban J connectivity index is -0.000000294. The molecule has 0 aromatic carbocycles. The molecule has 0 fully saturated rings. The lowest BCUT2D eigenvalue weighted by atomic mass is 10.2. The third-order valence-corrected chi connectivity index (χ3v) is 2.22. The smallest absolute Gasteiger partial charge is 0.344 e. The van der Waals surface area contributed by atoms with Crippen LogP contribution in [0.4, 0.5) is 0 Å². The summed E-state index contributed by atoms with van der Waals surface area (Å²) in [7, 11) is 4.01. The second-order valence-corrected chi connectivity index (χ2v) is 4.95. The standard InChI is InChI=1S/C7H12O4.C5H10O2.C4H8O2/c1-5(2)7(9)11-4-6(8)10-3;1-4(2)5(6)7-3;1-3-4(5)6-2/h5H,4H2,1-3H3;4H,1-3H3;3H2,1-2H3. The van der Waals surface area contributed by atoms with Crippen LogP contribution in [0.2, 0.25) is 0 Å². The van der Waals surface area contributed by atoms with E-state index in [-0.39, 0.29) is 30.4 Å². The van der Waals surface area contributed by atoms with Gasteiger partial charge in [0, 0.05) is 6.42 Å². The Kier molecular flexibility index (Phi) is 19.2. The topological polar surface area (TPSA) is 105 Å². The van der Waals surface area contributed by atoms with Gasteiger partial charge < -0.3 is 18.9 Å². The molecule has 0 bridgehead atoms. The summed E-state index contributed by atoms with van der Waals surface area (Å²) in [6.07, 6.45) is 0.469. The van der Waals surface area contributed by atoms with Crippen LogP contribution in [0.5, 0.6) is 0 Å². The second kappa shape index (κ2) is 17.2. The number of ether oxygens (including phenoxy) is 4. The van der Waals surface area contributed by atoms with Gasteiger partial charge in [-0.25, -0.2) is 4.79 Å². The van der Waals surface area contributed by atoms with Gasteiger partial charge in [-0.15, -0.1) is 0 Å². The van der Waals surface area contributed by atoms with Gasteiger partial charge in [0.15, 0.2) is 6.61 Å². The minimum absolute atomic E-state index is 0.00463. The summed E-state index contributed by atoms with van der Waals surface area (Å²) in [4.78, 5) is 41.4.